The average molecular weight is 394 g/mol. The zero-order valence-electron chi connectivity index (χ0n) is 14.4. The molecule has 142 valence electrons. The smallest absolute Gasteiger partial charge is 0.256 e. The number of nitrogens with zero attached hydrogens (tertiary/aromatic N) is 1. The van der Waals surface area contributed by atoms with Gasteiger partial charge in [-0.3, -0.25) is 9.52 Å². The summed E-state index contributed by atoms with van der Waals surface area (Å²) in [5.41, 5.74) is 0.162. The summed E-state index contributed by atoms with van der Waals surface area (Å²) in [6.45, 7) is 2.15. The molecule has 25 heavy (non-hydrogen) atoms. The van der Waals surface area contributed by atoms with Crippen molar-refractivity contribution in [3.05, 3.63) is 29.6 Å². The number of likely N-dealkylation sites (tertiary alicyclic amines) is 1. The number of halogens is 2. The molecule has 2 N–H and O–H groups in total. The molecule has 1 aliphatic heterocycles. The summed E-state index contributed by atoms with van der Waals surface area (Å²) in [7, 11) is -1.63. The number of hydrogen-bond donors (Lipinski definition) is 2. The number of sulfonamides is 1. The van der Waals surface area contributed by atoms with Crippen molar-refractivity contribution in [1.82, 2.24) is 10.2 Å². The van der Waals surface area contributed by atoms with Gasteiger partial charge in [0.25, 0.3) is 5.91 Å². The van der Waals surface area contributed by atoms with E-state index in [0.717, 1.165) is 44.2 Å². The summed E-state index contributed by atoms with van der Waals surface area (Å²) in [6.07, 6.45) is 3.87. The van der Waals surface area contributed by atoms with Crippen LogP contribution in [0, 0.1) is 11.7 Å². The molecule has 0 atom stereocenters. The molecular formula is C16H25ClFN3O3S. The van der Waals surface area contributed by atoms with Crippen LogP contribution < -0.4 is 10.0 Å². The van der Waals surface area contributed by atoms with Crippen LogP contribution >= 0.6 is 12.4 Å². The van der Waals surface area contributed by atoms with Gasteiger partial charge in [-0.1, -0.05) is 0 Å². The molecule has 1 aliphatic rings. The number of carbonyl (C=O) groups is 1. The molecule has 6 nitrogen and oxygen atoms in total. The van der Waals surface area contributed by atoms with Crippen molar-refractivity contribution in [2.24, 2.45) is 5.92 Å². The normalized spacial score (nSPS) is 15.6. The number of piperidine rings is 1. The highest BCUT2D eigenvalue weighted by Crippen LogP contribution is 2.25. The van der Waals surface area contributed by atoms with Crippen molar-refractivity contribution in [3.63, 3.8) is 0 Å². The van der Waals surface area contributed by atoms with Crippen LogP contribution in [0.4, 0.5) is 10.1 Å². The number of nitrogens with one attached hydrogen (secondary N) is 2. The Hall–Kier alpha value is -1.38. The highest BCUT2D eigenvalue weighted by Gasteiger charge is 2.25. The van der Waals surface area contributed by atoms with Crippen molar-refractivity contribution in [2.45, 2.75) is 19.3 Å². The van der Waals surface area contributed by atoms with E-state index in [4.69, 9.17) is 0 Å². The highest BCUT2D eigenvalue weighted by molar-refractivity contribution is 7.92. The Kier molecular flexibility index (Phi) is 8.11. The largest absolute Gasteiger partial charge is 0.339 e. The Morgan fingerprint density at radius 1 is 1.32 bits per heavy atom. The molecule has 9 heteroatoms. The van der Waals surface area contributed by atoms with E-state index in [1.807, 2.05) is 7.05 Å². The first-order chi connectivity index (χ1) is 11.3. The van der Waals surface area contributed by atoms with Gasteiger partial charge in [-0.05, 0) is 57.0 Å². The monoisotopic (exact) mass is 393 g/mol. The lowest BCUT2D eigenvalue weighted by molar-refractivity contribution is 0.0687. The van der Waals surface area contributed by atoms with E-state index in [9.17, 15) is 17.6 Å². The minimum Gasteiger partial charge on any atom is -0.339 e. The number of anilines is 1. The molecule has 1 aromatic rings. The summed E-state index contributed by atoms with van der Waals surface area (Å²) >= 11 is 0. The quantitative estimate of drug-likeness (QED) is 0.775. The first-order valence-electron chi connectivity index (χ1n) is 8.01. The standard InChI is InChI=1S/C16H24FN3O3S.ClH/c1-18-8-5-12-6-9-20(10-7-12)16(21)14-11-13(17)3-4-15(14)19-24(2,22)23;/h3-4,11-12,18-19H,5-10H2,1-2H3;1H. The maximum atomic E-state index is 13.6. The second kappa shape index (κ2) is 9.35. The van der Waals surface area contributed by atoms with Crippen LogP contribution in [0.5, 0.6) is 0 Å². The van der Waals surface area contributed by atoms with Gasteiger partial charge in [0.1, 0.15) is 5.82 Å². The molecule has 2 rings (SSSR count). The van der Waals surface area contributed by atoms with Crippen LogP contribution in [0.2, 0.25) is 0 Å². The van der Waals surface area contributed by atoms with Gasteiger partial charge in [0, 0.05) is 13.1 Å². The Morgan fingerprint density at radius 3 is 2.52 bits per heavy atom. The first-order valence-corrected chi connectivity index (χ1v) is 9.90. The van der Waals surface area contributed by atoms with E-state index < -0.39 is 15.8 Å². The zero-order valence-corrected chi connectivity index (χ0v) is 16.1. The summed E-state index contributed by atoms with van der Waals surface area (Å²) in [4.78, 5) is 14.4. The molecule has 0 saturated carbocycles. The molecule has 1 fully saturated rings. The Labute approximate surface area is 154 Å². The predicted molar refractivity (Wildman–Crippen MR) is 99.3 cm³/mol. The van der Waals surface area contributed by atoms with Crippen LogP contribution in [0.3, 0.4) is 0 Å². The minimum absolute atomic E-state index is 0. The molecule has 0 radical (unpaired) electrons. The summed E-state index contributed by atoms with van der Waals surface area (Å²) in [6, 6.07) is 3.50. The van der Waals surface area contributed by atoms with Gasteiger partial charge >= 0.3 is 0 Å². The third-order valence-electron chi connectivity index (χ3n) is 4.21. The Balaban J connectivity index is 0.00000312. The third kappa shape index (κ3) is 6.45. The molecule has 1 heterocycles. The Morgan fingerprint density at radius 2 is 1.96 bits per heavy atom. The molecule has 1 amide bonds. The van der Waals surface area contributed by atoms with Gasteiger partial charge in [0.2, 0.25) is 10.0 Å². The second-order valence-electron chi connectivity index (χ2n) is 6.19. The van der Waals surface area contributed by atoms with Crippen molar-refractivity contribution in [1.29, 1.82) is 0 Å². The fraction of sp³-hybridized carbons (Fsp3) is 0.562. The van der Waals surface area contributed by atoms with E-state index in [0.29, 0.717) is 19.0 Å². The highest BCUT2D eigenvalue weighted by atomic mass is 35.5. The van der Waals surface area contributed by atoms with Gasteiger partial charge in [0.15, 0.2) is 0 Å². The number of rotatable bonds is 6. The summed E-state index contributed by atoms with van der Waals surface area (Å²) in [5.74, 6) is -0.336. The van der Waals surface area contributed by atoms with E-state index in [1.165, 1.54) is 6.07 Å². The maximum absolute atomic E-state index is 13.6. The molecule has 0 spiro atoms. The number of carbonyl (C=O) groups excluding carboxylic acids is 1. The van der Waals surface area contributed by atoms with Gasteiger partial charge in [-0.2, -0.15) is 0 Å². The van der Waals surface area contributed by atoms with Crippen LogP contribution in [0.25, 0.3) is 0 Å². The van der Waals surface area contributed by atoms with Gasteiger partial charge in [0.05, 0.1) is 17.5 Å². The van der Waals surface area contributed by atoms with Gasteiger partial charge < -0.3 is 10.2 Å². The summed E-state index contributed by atoms with van der Waals surface area (Å²) < 4.78 is 38.7. The maximum Gasteiger partial charge on any atom is 0.256 e. The van der Waals surface area contributed by atoms with Crippen LogP contribution in [-0.2, 0) is 10.0 Å². The molecule has 0 aromatic heterocycles. The fourth-order valence-electron chi connectivity index (χ4n) is 2.93. The number of hydrogen-bond acceptors (Lipinski definition) is 4. The van der Waals surface area contributed by atoms with E-state index in [2.05, 4.69) is 10.0 Å². The number of amides is 1. The first kappa shape index (κ1) is 21.7. The van der Waals surface area contributed by atoms with Crippen molar-refractivity contribution in [2.75, 3.05) is 37.7 Å². The fourth-order valence-corrected chi connectivity index (χ4v) is 3.50. The molecule has 0 aliphatic carbocycles. The Bertz CT molecular complexity index is 692. The lowest BCUT2D eigenvalue weighted by Gasteiger charge is -2.32. The van der Waals surface area contributed by atoms with Crippen molar-refractivity contribution in [3.8, 4) is 0 Å². The molecule has 0 unspecified atom stereocenters. The second-order valence-corrected chi connectivity index (χ2v) is 7.94. The van der Waals surface area contributed by atoms with Crippen LogP contribution in [0.1, 0.15) is 29.6 Å². The van der Waals surface area contributed by atoms with E-state index >= 15 is 0 Å². The topological polar surface area (TPSA) is 78.5 Å². The van der Waals surface area contributed by atoms with E-state index in [-0.39, 0.29) is 29.6 Å². The van der Waals surface area contributed by atoms with Crippen LogP contribution in [0.15, 0.2) is 18.2 Å². The SMILES string of the molecule is CNCCC1CCN(C(=O)c2cc(F)ccc2NS(C)(=O)=O)CC1.Cl. The van der Waals surface area contributed by atoms with E-state index in [1.54, 1.807) is 4.90 Å². The molecule has 1 saturated heterocycles. The zero-order chi connectivity index (χ0) is 17.7. The van der Waals surface area contributed by atoms with Crippen LogP contribution in [-0.4, -0.2) is 52.2 Å². The molecule has 0 bridgehead atoms. The third-order valence-corrected chi connectivity index (χ3v) is 4.80. The lowest BCUT2D eigenvalue weighted by Crippen LogP contribution is -2.39. The van der Waals surface area contributed by atoms with Gasteiger partial charge in [-0.25, -0.2) is 12.8 Å². The minimum atomic E-state index is -3.55. The predicted octanol–water partition coefficient (Wildman–Crippen LogP) is 2.08. The lowest BCUT2D eigenvalue weighted by atomic mass is 9.93. The number of benzene rings is 1. The average Bonchev–Trinajstić information content (AvgIpc) is 2.53. The van der Waals surface area contributed by atoms with Gasteiger partial charge in [-0.15, -0.1) is 12.4 Å². The van der Waals surface area contributed by atoms with Crippen molar-refractivity contribution >= 4 is 34.0 Å². The summed E-state index contributed by atoms with van der Waals surface area (Å²) in [5, 5.41) is 3.12. The molecular weight excluding hydrogens is 369 g/mol. The van der Waals surface area contributed by atoms with Crippen molar-refractivity contribution < 1.29 is 17.6 Å². The molecule has 1 aromatic carbocycles.